The third kappa shape index (κ3) is 3.19. The lowest BCUT2D eigenvalue weighted by molar-refractivity contribution is 0.628. The van der Waals surface area contributed by atoms with Gasteiger partial charge in [-0.05, 0) is 24.3 Å². The van der Waals surface area contributed by atoms with Crippen LogP contribution in [0.3, 0.4) is 0 Å². The van der Waals surface area contributed by atoms with Crippen LogP contribution in [0, 0.1) is 5.82 Å². The number of anilines is 1. The third-order valence-electron chi connectivity index (χ3n) is 4.03. The molecule has 1 heterocycles. The number of amidine groups is 2. The van der Waals surface area contributed by atoms with Gasteiger partial charge in [0.2, 0.25) is 0 Å². The predicted molar refractivity (Wildman–Crippen MR) is 99.7 cm³/mol. The van der Waals surface area contributed by atoms with Gasteiger partial charge in [0, 0.05) is 16.8 Å². The summed E-state index contributed by atoms with van der Waals surface area (Å²) in [6, 6.07) is 26.3. The Bertz CT molecular complexity index is 916. The lowest BCUT2D eigenvalue weighted by Gasteiger charge is -2.28. The lowest BCUT2D eigenvalue weighted by Crippen LogP contribution is -2.36. The summed E-state index contributed by atoms with van der Waals surface area (Å²) >= 11 is 0. The van der Waals surface area contributed by atoms with Crippen LogP contribution in [0.15, 0.2) is 94.9 Å². The normalized spacial score (nSPS) is 14.0. The van der Waals surface area contributed by atoms with Gasteiger partial charge in [0.15, 0.2) is 5.84 Å². The number of hydrogen-bond donors (Lipinski definition) is 0. The molecule has 0 saturated heterocycles. The lowest BCUT2D eigenvalue weighted by atomic mass is 10.1. The van der Waals surface area contributed by atoms with Gasteiger partial charge in [-0.25, -0.2) is 14.4 Å². The Balaban J connectivity index is 1.78. The van der Waals surface area contributed by atoms with E-state index in [0.29, 0.717) is 12.5 Å². The average molecular weight is 329 g/mol. The first kappa shape index (κ1) is 15.3. The molecule has 1 aliphatic rings. The molecule has 0 fully saturated rings. The minimum Gasteiger partial charge on any atom is -0.306 e. The fraction of sp³-hybridized carbons (Fsp3) is 0.0476. The minimum atomic E-state index is -0.257. The fourth-order valence-corrected chi connectivity index (χ4v) is 2.78. The molecule has 3 aromatic carbocycles. The molecule has 0 aliphatic carbocycles. The van der Waals surface area contributed by atoms with Gasteiger partial charge in [0.25, 0.3) is 0 Å². The van der Waals surface area contributed by atoms with Crippen LogP contribution < -0.4 is 4.90 Å². The molecule has 1 aliphatic heterocycles. The zero-order chi connectivity index (χ0) is 17.1. The highest BCUT2D eigenvalue weighted by Gasteiger charge is 2.21. The van der Waals surface area contributed by atoms with Gasteiger partial charge >= 0.3 is 0 Å². The largest absolute Gasteiger partial charge is 0.306 e. The van der Waals surface area contributed by atoms with E-state index in [9.17, 15) is 4.39 Å². The predicted octanol–water partition coefficient (Wildman–Crippen LogP) is 4.50. The number of aliphatic imine (C=N–C) groups is 2. The molecule has 4 rings (SSSR count). The van der Waals surface area contributed by atoms with E-state index in [0.717, 1.165) is 22.6 Å². The highest BCUT2D eigenvalue weighted by atomic mass is 19.1. The second kappa shape index (κ2) is 6.69. The van der Waals surface area contributed by atoms with Crippen molar-refractivity contribution in [3.63, 3.8) is 0 Å². The topological polar surface area (TPSA) is 28.0 Å². The first-order chi connectivity index (χ1) is 12.3. The molecule has 0 atom stereocenters. The van der Waals surface area contributed by atoms with Crippen LogP contribution in [-0.4, -0.2) is 18.3 Å². The van der Waals surface area contributed by atoms with E-state index < -0.39 is 0 Å². The maximum absolute atomic E-state index is 13.3. The van der Waals surface area contributed by atoms with Gasteiger partial charge in [0.1, 0.15) is 18.3 Å². The quantitative estimate of drug-likeness (QED) is 0.695. The summed E-state index contributed by atoms with van der Waals surface area (Å²) in [4.78, 5) is 11.4. The molecule has 0 unspecified atom stereocenters. The van der Waals surface area contributed by atoms with Crippen molar-refractivity contribution >= 4 is 17.4 Å². The van der Waals surface area contributed by atoms with Crippen LogP contribution in [-0.2, 0) is 0 Å². The Hall–Kier alpha value is -3.27. The minimum absolute atomic E-state index is 0.257. The Morgan fingerprint density at radius 1 is 0.720 bits per heavy atom. The molecule has 4 heteroatoms. The first-order valence-corrected chi connectivity index (χ1v) is 8.08. The molecule has 0 amide bonds. The Morgan fingerprint density at radius 3 is 1.96 bits per heavy atom. The van der Waals surface area contributed by atoms with Crippen LogP contribution in [0.5, 0.6) is 0 Å². The molecule has 0 bridgehead atoms. The molecule has 0 aromatic heterocycles. The van der Waals surface area contributed by atoms with Crippen LogP contribution in [0.1, 0.15) is 11.1 Å². The molecule has 0 saturated carbocycles. The Labute approximate surface area is 145 Å². The van der Waals surface area contributed by atoms with Gasteiger partial charge in [-0.3, -0.25) is 0 Å². The summed E-state index contributed by atoms with van der Waals surface area (Å²) in [6.45, 7) is 0.434. The van der Waals surface area contributed by atoms with Crippen molar-refractivity contribution in [2.24, 2.45) is 9.98 Å². The van der Waals surface area contributed by atoms with E-state index in [1.807, 2.05) is 65.6 Å². The number of nitrogens with zero attached hydrogens (tertiary/aromatic N) is 3. The first-order valence-electron chi connectivity index (χ1n) is 8.08. The SMILES string of the molecule is Fc1ccc(N2CN=C(c3ccccc3)N=C2c2ccccc2)cc1. The fourth-order valence-electron chi connectivity index (χ4n) is 2.78. The highest BCUT2D eigenvalue weighted by Crippen LogP contribution is 2.22. The summed E-state index contributed by atoms with van der Waals surface area (Å²) in [5.74, 6) is 1.26. The number of benzene rings is 3. The van der Waals surface area contributed by atoms with Crippen LogP contribution in [0.4, 0.5) is 10.1 Å². The van der Waals surface area contributed by atoms with E-state index in [1.54, 1.807) is 12.1 Å². The third-order valence-corrected chi connectivity index (χ3v) is 4.03. The molecule has 0 spiro atoms. The zero-order valence-corrected chi connectivity index (χ0v) is 13.5. The maximum Gasteiger partial charge on any atom is 0.158 e. The summed E-state index contributed by atoms with van der Waals surface area (Å²) in [6.07, 6.45) is 0. The average Bonchev–Trinajstić information content (AvgIpc) is 2.70. The van der Waals surface area contributed by atoms with Crippen LogP contribution >= 0.6 is 0 Å². The molecule has 0 radical (unpaired) electrons. The van der Waals surface area contributed by atoms with E-state index in [2.05, 4.69) is 4.99 Å². The number of rotatable bonds is 3. The van der Waals surface area contributed by atoms with E-state index in [-0.39, 0.29) is 5.82 Å². The van der Waals surface area contributed by atoms with Crippen LogP contribution in [0.25, 0.3) is 0 Å². The van der Waals surface area contributed by atoms with Gasteiger partial charge < -0.3 is 4.90 Å². The van der Waals surface area contributed by atoms with Crippen molar-refractivity contribution in [3.05, 3.63) is 102 Å². The van der Waals surface area contributed by atoms with E-state index >= 15 is 0 Å². The molecular formula is C21H16FN3. The number of halogens is 1. The van der Waals surface area contributed by atoms with E-state index in [4.69, 9.17) is 4.99 Å². The maximum atomic E-state index is 13.3. The summed E-state index contributed by atoms with van der Waals surface area (Å²) in [7, 11) is 0. The van der Waals surface area contributed by atoms with Crippen molar-refractivity contribution in [1.82, 2.24) is 0 Å². The highest BCUT2D eigenvalue weighted by molar-refractivity contribution is 6.18. The summed E-state index contributed by atoms with van der Waals surface area (Å²) in [5, 5.41) is 0. The summed E-state index contributed by atoms with van der Waals surface area (Å²) < 4.78 is 13.3. The van der Waals surface area contributed by atoms with Crippen molar-refractivity contribution in [2.75, 3.05) is 11.6 Å². The van der Waals surface area contributed by atoms with E-state index in [1.165, 1.54) is 12.1 Å². The number of hydrogen-bond acceptors (Lipinski definition) is 3. The van der Waals surface area contributed by atoms with Gasteiger partial charge in [-0.2, -0.15) is 0 Å². The molecule has 25 heavy (non-hydrogen) atoms. The molecule has 122 valence electrons. The standard InChI is InChI=1S/C21H16FN3/c22-18-11-13-19(14-12-18)25-15-23-20(16-7-3-1-4-8-16)24-21(25)17-9-5-2-6-10-17/h1-14H,15H2. The van der Waals surface area contributed by atoms with Crippen molar-refractivity contribution < 1.29 is 4.39 Å². The monoisotopic (exact) mass is 329 g/mol. The van der Waals surface area contributed by atoms with Gasteiger partial charge in [-0.15, -0.1) is 0 Å². The Morgan fingerprint density at radius 2 is 1.32 bits per heavy atom. The van der Waals surface area contributed by atoms with Crippen molar-refractivity contribution in [3.8, 4) is 0 Å². The zero-order valence-electron chi connectivity index (χ0n) is 13.5. The van der Waals surface area contributed by atoms with Crippen molar-refractivity contribution in [1.29, 1.82) is 0 Å². The molecule has 0 N–H and O–H groups in total. The molecular weight excluding hydrogens is 313 g/mol. The van der Waals surface area contributed by atoms with Gasteiger partial charge in [0.05, 0.1) is 0 Å². The second-order valence-electron chi connectivity index (χ2n) is 5.70. The second-order valence-corrected chi connectivity index (χ2v) is 5.70. The molecule has 3 aromatic rings. The van der Waals surface area contributed by atoms with Crippen molar-refractivity contribution in [2.45, 2.75) is 0 Å². The summed E-state index contributed by atoms with van der Waals surface area (Å²) in [5.41, 5.74) is 2.84. The Kier molecular flexibility index (Phi) is 4.09. The van der Waals surface area contributed by atoms with Crippen LogP contribution in [0.2, 0.25) is 0 Å². The van der Waals surface area contributed by atoms with Gasteiger partial charge in [-0.1, -0.05) is 60.7 Å². The smallest absolute Gasteiger partial charge is 0.158 e. The molecule has 3 nitrogen and oxygen atoms in total.